The maximum absolute atomic E-state index is 13.4. The van der Waals surface area contributed by atoms with Gasteiger partial charge in [-0.1, -0.05) is 0 Å². The second kappa shape index (κ2) is 5.29. The monoisotopic (exact) mass is 242 g/mol. The van der Waals surface area contributed by atoms with Gasteiger partial charge in [0.2, 0.25) is 0 Å². The van der Waals surface area contributed by atoms with Crippen molar-refractivity contribution >= 4 is 11.9 Å². The number of esters is 1. The summed E-state index contributed by atoms with van der Waals surface area (Å²) in [6, 6.07) is 1.74. The third-order valence-corrected chi connectivity index (χ3v) is 2.02. The number of halogens is 1. The fraction of sp³-hybridized carbons (Fsp3) is 0.273. The molecule has 6 heteroatoms. The first-order chi connectivity index (χ1) is 8.01. The lowest BCUT2D eigenvalue weighted by Crippen LogP contribution is -2.12. The molecule has 0 saturated carbocycles. The van der Waals surface area contributed by atoms with Crippen LogP contribution in [0.5, 0.6) is 5.75 Å². The summed E-state index contributed by atoms with van der Waals surface area (Å²) >= 11 is 0. The summed E-state index contributed by atoms with van der Waals surface area (Å²) in [5.41, 5.74) is -0.695. The maximum atomic E-state index is 13.4. The van der Waals surface area contributed by atoms with Crippen LogP contribution < -0.4 is 4.74 Å². The molecule has 1 N–H and O–H groups in total. The molecule has 0 aromatic heterocycles. The van der Waals surface area contributed by atoms with Gasteiger partial charge in [-0.15, -0.1) is 0 Å². The summed E-state index contributed by atoms with van der Waals surface area (Å²) in [6.07, 6.45) is 0. The Hall–Kier alpha value is -2.11. The van der Waals surface area contributed by atoms with Crippen LogP contribution in [0, 0.1) is 5.82 Å². The fourth-order valence-corrected chi connectivity index (χ4v) is 1.26. The zero-order valence-corrected chi connectivity index (χ0v) is 9.32. The minimum absolute atomic E-state index is 0.0749. The van der Waals surface area contributed by atoms with E-state index < -0.39 is 17.8 Å². The highest BCUT2D eigenvalue weighted by Gasteiger charge is 2.21. The third-order valence-electron chi connectivity index (χ3n) is 2.02. The SMILES string of the molecule is CCOC(=O)c1cc(F)c(OC)cc1C(=O)O. The molecule has 92 valence electrons. The summed E-state index contributed by atoms with van der Waals surface area (Å²) in [5, 5.41) is 8.91. The van der Waals surface area contributed by atoms with E-state index in [1.807, 2.05) is 0 Å². The van der Waals surface area contributed by atoms with E-state index in [9.17, 15) is 14.0 Å². The Bertz CT molecular complexity index is 455. The number of carboxylic acid groups (broad SMARTS) is 1. The average Bonchev–Trinajstić information content (AvgIpc) is 2.28. The summed E-state index contributed by atoms with van der Waals surface area (Å²) in [5.74, 6) is -3.30. The molecule has 0 saturated heterocycles. The Balaban J connectivity index is 3.32. The zero-order chi connectivity index (χ0) is 13.0. The van der Waals surface area contributed by atoms with Gasteiger partial charge in [-0.3, -0.25) is 0 Å². The zero-order valence-electron chi connectivity index (χ0n) is 9.32. The van der Waals surface area contributed by atoms with Crippen molar-refractivity contribution < 1.29 is 28.6 Å². The lowest BCUT2D eigenvalue weighted by molar-refractivity contribution is 0.0513. The van der Waals surface area contributed by atoms with E-state index in [4.69, 9.17) is 5.11 Å². The predicted molar refractivity (Wildman–Crippen MR) is 55.9 cm³/mol. The van der Waals surface area contributed by atoms with Crippen molar-refractivity contribution in [3.8, 4) is 5.75 Å². The van der Waals surface area contributed by atoms with Crippen molar-refractivity contribution in [2.24, 2.45) is 0 Å². The minimum atomic E-state index is -1.36. The molecular formula is C11H11FO5. The summed E-state index contributed by atoms with van der Waals surface area (Å²) in [7, 11) is 1.20. The largest absolute Gasteiger partial charge is 0.494 e. The number of rotatable bonds is 4. The molecule has 0 heterocycles. The van der Waals surface area contributed by atoms with Gasteiger partial charge in [-0.2, -0.15) is 0 Å². The van der Waals surface area contributed by atoms with E-state index in [2.05, 4.69) is 9.47 Å². The number of methoxy groups -OCH3 is 1. The second-order valence-electron chi connectivity index (χ2n) is 3.06. The molecule has 1 aromatic rings. The number of aromatic carboxylic acids is 1. The van der Waals surface area contributed by atoms with Gasteiger partial charge in [0.05, 0.1) is 24.8 Å². The average molecular weight is 242 g/mol. The number of hydrogen-bond acceptors (Lipinski definition) is 4. The first kappa shape index (κ1) is 13.0. The van der Waals surface area contributed by atoms with Gasteiger partial charge in [-0.05, 0) is 19.1 Å². The number of carbonyl (C=O) groups is 2. The Morgan fingerprint density at radius 2 is 2.00 bits per heavy atom. The van der Waals surface area contributed by atoms with E-state index in [0.717, 1.165) is 12.1 Å². The van der Waals surface area contributed by atoms with Crippen LogP contribution in [0.1, 0.15) is 27.6 Å². The van der Waals surface area contributed by atoms with Crippen LogP contribution in [0.25, 0.3) is 0 Å². The molecule has 0 spiro atoms. The van der Waals surface area contributed by atoms with Crippen LogP contribution in [-0.2, 0) is 4.74 Å². The fourth-order valence-electron chi connectivity index (χ4n) is 1.26. The smallest absolute Gasteiger partial charge is 0.339 e. The van der Waals surface area contributed by atoms with Crippen LogP contribution in [-0.4, -0.2) is 30.8 Å². The molecule has 0 radical (unpaired) electrons. The van der Waals surface area contributed by atoms with Crippen molar-refractivity contribution in [1.82, 2.24) is 0 Å². The van der Waals surface area contributed by atoms with Gasteiger partial charge >= 0.3 is 11.9 Å². The number of hydrogen-bond donors (Lipinski definition) is 1. The lowest BCUT2D eigenvalue weighted by Gasteiger charge is -2.08. The second-order valence-corrected chi connectivity index (χ2v) is 3.06. The number of carboxylic acids is 1. The standard InChI is InChI=1S/C11H11FO5/c1-3-17-11(15)7-4-8(12)9(16-2)5-6(7)10(13)14/h4-5H,3H2,1-2H3,(H,13,14). The van der Waals surface area contributed by atoms with Gasteiger partial charge < -0.3 is 14.6 Å². The van der Waals surface area contributed by atoms with E-state index in [1.165, 1.54) is 7.11 Å². The lowest BCUT2D eigenvalue weighted by atomic mass is 10.1. The molecule has 0 amide bonds. The van der Waals surface area contributed by atoms with Gasteiger partial charge in [-0.25, -0.2) is 14.0 Å². The van der Waals surface area contributed by atoms with E-state index in [1.54, 1.807) is 6.92 Å². The van der Waals surface area contributed by atoms with Crippen molar-refractivity contribution in [2.45, 2.75) is 6.92 Å². The van der Waals surface area contributed by atoms with E-state index in [-0.39, 0.29) is 23.5 Å². The molecule has 0 aliphatic heterocycles. The Labute approximate surface area is 96.8 Å². The van der Waals surface area contributed by atoms with E-state index >= 15 is 0 Å². The molecule has 0 aliphatic carbocycles. The summed E-state index contributed by atoms with van der Waals surface area (Å²) in [4.78, 5) is 22.4. The molecule has 5 nitrogen and oxygen atoms in total. The van der Waals surface area contributed by atoms with Crippen LogP contribution >= 0.6 is 0 Å². The van der Waals surface area contributed by atoms with Crippen LogP contribution in [0.4, 0.5) is 4.39 Å². The predicted octanol–water partition coefficient (Wildman–Crippen LogP) is 1.71. The first-order valence-electron chi connectivity index (χ1n) is 4.79. The summed E-state index contributed by atoms with van der Waals surface area (Å²) in [6.45, 7) is 1.64. The van der Waals surface area contributed by atoms with Crippen molar-refractivity contribution in [2.75, 3.05) is 13.7 Å². The molecular weight excluding hydrogens is 231 g/mol. The van der Waals surface area contributed by atoms with Crippen molar-refractivity contribution in [1.29, 1.82) is 0 Å². The molecule has 0 atom stereocenters. The molecule has 17 heavy (non-hydrogen) atoms. The van der Waals surface area contributed by atoms with Crippen LogP contribution in [0.2, 0.25) is 0 Å². The molecule has 1 rings (SSSR count). The van der Waals surface area contributed by atoms with Crippen LogP contribution in [0.15, 0.2) is 12.1 Å². The van der Waals surface area contributed by atoms with E-state index in [0.29, 0.717) is 0 Å². The van der Waals surface area contributed by atoms with Gasteiger partial charge in [0.1, 0.15) is 0 Å². The molecule has 0 unspecified atom stereocenters. The molecule has 0 aliphatic rings. The molecule has 0 bridgehead atoms. The Morgan fingerprint density at radius 3 is 2.47 bits per heavy atom. The minimum Gasteiger partial charge on any atom is -0.494 e. The molecule has 0 fully saturated rings. The number of carbonyl (C=O) groups excluding carboxylic acids is 1. The number of benzene rings is 1. The van der Waals surface area contributed by atoms with Crippen molar-refractivity contribution in [3.63, 3.8) is 0 Å². The van der Waals surface area contributed by atoms with Crippen molar-refractivity contribution in [3.05, 3.63) is 29.1 Å². The third kappa shape index (κ3) is 2.72. The number of ether oxygens (including phenoxy) is 2. The van der Waals surface area contributed by atoms with Gasteiger partial charge in [0, 0.05) is 0 Å². The topological polar surface area (TPSA) is 72.8 Å². The Morgan fingerprint density at radius 1 is 1.35 bits per heavy atom. The quantitative estimate of drug-likeness (QED) is 0.813. The van der Waals surface area contributed by atoms with Gasteiger partial charge in [0.15, 0.2) is 11.6 Å². The first-order valence-corrected chi connectivity index (χ1v) is 4.79. The maximum Gasteiger partial charge on any atom is 0.339 e. The van der Waals surface area contributed by atoms with Gasteiger partial charge in [0.25, 0.3) is 0 Å². The normalized spacial score (nSPS) is 9.82. The molecule has 1 aromatic carbocycles. The highest BCUT2D eigenvalue weighted by Crippen LogP contribution is 2.23. The van der Waals surface area contributed by atoms with Crippen LogP contribution in [0.3, 0.4) is 0 Å². The Kier molecular flexibility index (Phi) is 4.03. The highest BCUT2D eigenvalue weighted by atomic mass is 19.1. The summed E-state index contributed by atoms with van der Waals surface area (Å²) < 4.78 is 22.6. The highest BCUT2D eigenvalue weighted by molar-refractivity contribution is 6.02.